The molecule has 5 heteroatoms. The van der Waals surface area contributed by atoms with Gasteiger partial charge in [-0.25, -0.2) is 4.79 Å². The first-order valence-corrected chi connectivity index (χ1v) is 5.26. The Balaban J connectivity index is 1.96. The van der Waals surface area contributed by atoms with Crippen molar-refractivity contribution in [2.24, 2.45) is 0 Å². The van der Waals surface area contributed by atoms with Crippen molar-refractivity contribution in [1.29, 1.82) is 0 Å². The molecule has 2 rings (SSSR count). The quantitative estimate of drug-likeness (QED) is 0.887. The van der Waals surface area contributed by atoms with E-state index >= 15 is 0 Å². The maximum absolute atomic E-state index is 11.5. The molecule has 1 aromatic heterocycles. The average molecular weight is 249 g/mol. The first-order chi connectivity index (χ1) is 8.24. The van der Waals surface area contributed by atoms with Gasteiger partial charge in [0.2, 0.25) is 0 Å². The van der Waals surface area contributed by atoms with Crippen molar-refractivity contribution < 1.29 is 9.53 Å². The van der Waals surface area contributed by atoms with Crippen LogP contribution in [0.5, 0.6) is 5.75 Å². The molecule has 0 atom stereocenters. The van der Waals surface area contributed by atoms with Crippen molar-refractivity contribution in [3.05, 3.63) is 53.8 Å². The highest BCUT2D eigenvalue weighted by molar-refractivity contribution is 6.30. The summed E-state index contributed by atoms with van der Waals surface area (Å²) in [6.07, 6.45) is 2.49. The minimum Gasteiger partial charge on any atom is -0.408 e. The van der Waals surface area contributed by atoms with Crippen LogP contribution in [0.1, 0.15) is 0 Å². The second kappa shape index (κ2) is 5.32. The van der Waals surface area contributed by atoms with Crippen molar-refractivity contribution in [1.82, 2.24) is 4.98 Å². The molecular formula is C12H9ClN2O2. The summed E-state index contributed by atoms with van der Waals surface area (Å²) in [5.74, 6) is 0.388. The highest BCUT2D eigenvalue weighted by atomic mass is 35.5. The van der Waals surface area contributed by atoms with Gasteiger partial charge in [-0.3, -0.25) is 10.3 Å². The number of amides is 1. The summed E-state index contributed by atoms with van der Waals surface area (Å²) in [6.45, 7) is 0. The molecular weight excluding hydrogens is 240 g/mol. The molecule has 0 aliphatic heterocycles. The fourth-order valence-corrected chi connectivity index (χ4v) is 1.32. The Kier molecular flexibility index (Phi) is 3.57. The third-order valence-electron chi connectivity index (χ3n) is 1.94. The van der Waals surface area contributed by atoms with E-state index in [9.17, 15) is 4.79 Å². The largest absolute Gasteiger partial charge is 0.417 e. The van der Waals surface area contributed by atoms with Crippen molar-refractivity contribution in [2.45, 2.75) is 0 Å². The van der Waals surface area contributed by atoms with Crippen LogP contribution < -0.4 is 10.1 Å². The van der Waals surface area contributed by atoms with Gasteiger partial charge in [0.1, 0.15) is 0 Å². The number of pyridine rings is 1. The number of carbonyl (C=O) groups is 1. The lowest BCUT2D eigenvalue weighted by Gasteiger charge is -2.05. The fourth-order valence-electron chi connectivity index (χ4n) is 1.19. The summed E-state index contributed by atoms with van der Waals surface area (Å²) in [5.41, 5.74) is 0.614. The van der Waals surface area contributed by atoms with Gasteiger partial charge in [0.25, 0.3) is 0 Å². The molecule has 0 saturated heterocycles. The smallest absolute Gasteiger partial charge is 0.408 e. The third-order valence-corrected chi connectivity index (χ3v) is 2.19. The van der Waals surface area contributed by atoms with E-state index in [0.29, 0.717) is 16.5 Å². The van der Waals surface area contributed by atoms with Crippen molar-refractivity contribution in [3.8, 4) is 5.75 Å². The SMILES string of the molecule is O=C(Nc1ccc(Cl)cc1)Oc1cccnc1. The fraction of sp³-hybridized carbons (Fsp3) is 0. The summed E-state index contributed by atoms with van der Waals surface area (Å²) in [5, 5.41) is 3.18. The van der Waals surface area contributed by atoms with E-state index < -0.39 is 6.09 Å². The van der Waals surface area contributed by atoms with Gasteiger partial charge in [0.15, 0.2) is 5.75 Å². The van der Waals surface area contributed by atoms with Gasteiger partial charge in [-0.2, -0.15) is 0 Å². The summed E-state index contributed by atoms with van der Waals surface area (Å²) >= 11 is 5.73. The Morgan fingerprint density at radius 2 is 2.00 bits per heavy atom. The summed E-state index contributed by atoms with van der Waals surface area (Å²) < 4.78 is 5.00. The van der Waals surface area contributed by atoms with Crippen LogP contribution in [-0.4, -0.2) is 11.1 Å². The van der Waals surface area contributed by atoms with E-state index in [-0.39, 0.29) is 0 Å². The topological polar surface area (TPSA) is 51.2 Å². The highest BCUT2D eigenvalue weighted by Gasteiger charge is 2.04. The van der Waals surface area contributed by atoms with Gasteiger partial charge in [-0.1, -0.05) is 11.6 Å². The number of aromatic nitrogens is 1. The number of halogens is 1. The number of rotatable bonds is 2. The molecule has 0 aliphatic carbocycles. The van der Waals surface area contributed by atoms with Gasteiger partial charge >= 0.3 is 6.09 Å². The lowest BCUT2D eigenvalue weighted by atomic mass is 10.3. The average Bonchev–Trinajstić information content (AvgIpc) is 2.33. The zero-order chi connectivity index (χ0) is 12.1. The molecule has 86 valence electrons. The van der Waals surface area contributed by atoms with Crippen molar-refractivity contribution in [2.75, 3.05) is 5.32 Å². The number of carbonyl (C=O) groups excluding carboxylic acids is 1. The lowest BCUT2D eigenvalue weighted by molar-refractivity contribution is 0.215. The van der Waals surface area contributed by atoms with Gasteiger partial charge in [-0.15, -0.1) is 0 Å². The molecule has 0 spiro atoms. The predicted molar refractivity (Wildman–Crippen MR) is 65.3 cm³/mol. The zero-order valence-electron chi connectivity index (χ0n) is 8.76. The molecule has 0 unspecified atom stereocenters. The second-order valence-corrected chi connectivity index (χ2v) is 3.65. The molecule has 0 radical (unpaired) electrons. The minimum atomic E-state index is -0.569. The van der Waals surface area contributed by atoms with Crippen LogP contribution in [0, 0.1) is 0 Å². The first kappa shape index (κ1) is 11.4. The minimum absolute atomic E-state index is 0.388. The molecule has 1 amide bonds. The number of hydrogen-bond donors (Lipinski definition) is 1. The molecule has 1 N–H and O–H groups in total. The van der Waals surface area contributed by atoms with Crippen LogP contribution in [-0.2, 0) is 0 Å². The van der Waals surface area contributed by atoms with E-state index in [1.807, 2.05) is 0 Å². The highest BCUT2D eigenvalue weighted by Crippen LogP contribution is 2.14. The van der Waals surface area contributed by atoms with E-state index in [1.54, 1.807) is 42.6 Å². The van der Waals surface area contributed by atoms with E-state index in [2.05, 4.69) is 10.3 Å². The second-order valence-electron chi connectivity index (χ2n) is 3.21. The van der Waals surface area contributed by atoms with E-state index in [4.69, 9.17) is 16.3 Å². The van der Waals surface area contributed by atoms with Gasteiger partial charge < -0.3 is 4.74 Å². The van der Waals surface area contributed by atoms with Crippen LogP contribution in [0.3, 0.4) is 0 Å². The predicted octanol–water partition coefficient (Wildman–Crippen LogP) is 3.35. The zero-order valence-corrected chi connectivity index (χ0v) is 9.52. The molecule has 0 fully saturated rings. The maximum Gasteiger partial charge on any atom is 0.417 e. The van der Waals surface area contributed by atoms with Gasteiger partial charge in [0, 0.05) is 16.9 Å². The van der Waals surface area contributed by atoms with Crippen LogP contribution in [0.15, 0.2) is 48.8 Å². The number of hydrogen-bond acceptors (Lipinski definition) is 3. The third kappa shape index (κ3) is 3.46. The summed E-state index contributed by atoms with van der Waals surface area (Å²) in [7, 11) is 0. The molecule has 2 aromatic rings. The first-order valence-electron chi connectivity index (χ1n) is 4.88. The van der Waals surface area contributed by atoms with Gasteiger partial charge in [-0.05, 0) is 36.4 Å². The molecule has 1 aromatic carbocycles. The number of nitrogens with one attached hydrogen (secondary N) is 1. The van der Waals surface area contributed by atoms with Crippen LogP contribution in [0.25, 0.3) is 0 Å². The standard InChI is InChI=1S/C12H9ClN2O2/c13-9-3-5-10(6-4-9)15-12(16)17-11-2-1-7-14-8-11/h1-8H,(H,15,16). The van der Waals surface area contributed by atoms with Gasteiger partial charge in [0.05, 0.1) is 6.20 Å². The monoisotopic (exact) mass is 248 g/mol. The summed E-state index contributed by atoms with van der Waals surface area (Å²) in [4.78, 5) is 15.3. The van der Waals surface area contributed by atoms with Crippen molar-refractivity contribution >= 4 is 23.4 Å². The molecule has 1 heterocycles. The number of anilines is 1. The molecule has 4 nitrogen and oxygen atoms in total. The molecule has 0 bridgehead atoms. The molecule has 0 aliphatic rings. The van der Waals surface area contributed by atoms with Crippen LogP contribution >= 0.6 is 11.6 Å². The van der Waals surface area contributed by atoms with E-state index in [1.165, 1.54) is 6.20 Å². The Morgan fingerprint density at radius 3 is 2.65 bits per heavy atom. The Labute approximate surface area is 103 Å². The van der Waals surface area contributed by atoms with Crippen LogP contribution in [0.4, 0.5) is 10.5 Å². The van der Waals surface area contributed by atoms with Crippen molar-refractivity contribution in [3.63, 3.8) is 0 Å². The Morgan fingerprint density at radius 1 is 1.24 bits per heavy atom. The Hall–Kier alpha value is -2.07. The number of ether oxygens (including phenoxy) is 1. The number of benzene rings is 1. The maximum atomic E-state index is 11.5. The normalized spacial score (nSPS) is 9.71. The molecule has 17 heavy (non-hydrogen) atoms. The number of nitrogens with zero attached hydrogens (tertiary/aromatic N) is 1. The Bertz CT molecular complexity index is 500. The lowest BCUT2D eigenvalue weighted by Crippen LogP contribution is -2.16. The van der Waals surface area contributed by atoms with E-state index in [0.717, 1.165) is 0 Å². The summed E-state index contributed by atoms with van der Waals surface area (Å²) in [6, 6.07) is 10.1. The molecule has 0 saturated carbocycles. The van der Waals surface area contributed by atoms with Crippen LogP contribution in [0.2, 0.25) is 5.02 Å².